The molecule has 10 nitrogen and oxygen atoms in total. The summed E-state index contributed by atoms with van der Waals surface area (Å²) >= 11 is 0. The fourth-order valence-corrected chi connectivity index (χ4v) is 5.33. The number of ether oxygens (including phenoxy) is 2. The molecule has 190 valence electrons. The lowest BCUT2D eigenvalue weighted by molar-refractivity contribution is -0.127. The SMILES string of the molecule is COc1cc2c(cc1OC)-c1cc(N(CCN3CCCC3=O)c3c(C)nn(C)c3C)nc(=O)n1CC2. The fraction of sp³-hybridized carbons (Fsp3) is 0.462. The smallest absolute Gasteiger partial charge is 0.350 e. The summed E-state index contributed by atoms with van der Waals surface area (Å²) in [5.74, 6) is 1.99. The van der Waals surface area contributed by atoms with Crippen molar-refractivity contribution in [2.75, 3.05) is 38.8 Å². The number of likely N-dealkylation sites (tertiary alicyclic amines) is 1. The van der Waals surface area contributed by atoms with Gasteiger partial charge in [0.1, 0.15) is 5.82 Å². The minimum Gasteiger partial charge on any atom is -0.493 e. The Hall–Kier alpha value is -3.82. The lowest BCUT2D eigenvalue weighted by Crippen LogP contribution is -2.36. The number of rotatable bonds is 7. The number of anilines is 2. The first-order chi connectivity index (χ1) is 17.3. The monoisotopic (exact) mass is 492 g/mol. The van der Waals surface area contributed by atoms with Crippen LogP contribution in [0.25, 0.3) is 11.3 Å². The van der Waals surface area contributed by atoms with Crippen molar-refractivity contribution in [2.24, 2.45) is 7.05 Å². The average molecular weight is 493 g/mol. The molecule has 4 heterocycles. The van der Waals surface area contributed by atoms with E-state index >= 15 is 0 Å². The van der Waals surface area contributed by atoms with Crippen LogP contribution in [0.5, 0.6) is 11.5 Å². The molecule has 1 saturated heterocycles. The molecule has 1 aromatic carbocycles. The van der Waals surface area contributed by atoms with Crippen LogP contribution in [0.4, 0.5) is 11.5 Å². The average Bonchev–Trinajstić information content (AvgIpc) is 3.39. The number of carbonyl (C=O) groups excluding carboxylic acids is 1. The summed E-state index contributed by atoms with van der Waals surface area (Å²) in [4.78, 5) is 34.0. The van der Waals surface area contributed by atoms with Gasteiger partial charge in [0.15, 0.2) is 11.5 Å². The fourth-order valence-electron chi connectivity index (χ4n) is 5.33. The summed E-state index contributed by atoms with van der Waals surface area (Å²) in [6.45, 7) is 6.31. The number of benzene rings is 1. The number of aromatic nitrogens is 4. The van der Waals surface area contributed by atoms with Crippen molar-refractivity contribution in [1.29, 1.82) is 0 Å². The highest BCUT2D eigenvalue weighted by molar-refractivity contribution is 5.78. The molecule has 0 bridgehead atoms. The number of aryl methyl sites for hydroxylation is 3. The molecule has 0 atom stereocenters. The maximum Gasteiger partial charge on any atom is 0.350 e. The molecule has 2 aliphatic rings. The molecule has 2 aromatic heterocycles. The molecule has 0 radical (unpaired) electrons. The van der Waals surface area contributed by atoms with E-state index < -0.39 is 0 Å². The summed E-state index contributed by atoms with van der Waals surface area (Å²) in [6.07, 6.45) is 2.17. The zero-order valence-electron chi connectivity index (χ0n) is 21.5. The highest BCUT2D eigenvalue weighted by Crippen LogP contribution is 2.39. The third-order valence-electron chi connectivity index (χ3n) is 7.27. The number of methoxy groups -OCH3 is 2. The Kier molecular flexibility index (Phi) is 6.19. The van der Waals surface area contributed by atoms with Crippen LogP contribution in [0.3, 0.4) is 0 Å². The van der Waals surface area contributed by atoms with Crippen LogP contribution in [-0.4, -0.2) is 64.0 Å². The van der Waals surface area contributed by atoms with E-state index in [0.29, 0.717) is 49.8 Å². The molecular weight excluding hydrogens is 460 g/mol. The number of hydrogen-bond acceptors (Lipinski definition) is 7. The first kappa shape index (κ1) is 23.9. The Labute approximate surface area is 210 Å². The molecule has 0 N–H and O–H groups in total. The Morgan fingerprint density at radius 3 is 2.42 bits per heavy atom. The second-order valence-electron chi connectivity index (χ2n) is 9.33. The van der Waals surface area contributed by atoms with Crippen LogP contribution in [0.1, 0.15) is 29.8 Å². The van der Waals surface area contributed by atoms with Gasteiger partial charge in [-0.2, -0.15) is 10.1 Å². The van der Waals surface area contributed by atoms with E-state index in [1.54, 1.807) is 18.8 Å². The Balaban J connectivity index is 1.63. The van der Waals surface area contributed by atoms with Gasteiger partial charge in [-0.1, -0.05) is 0 Å². The summed E-state index contributed by atoms with van der Waals surface area (Å²) in [6, 6.07) is 5.87. The minimum absolute atomic E-state index is 0.169. The molecule has 0 saturated carbocycles. The Morgan fingerprint density at radius 1 is 1.03 bits per heavy atom. The summed E-state index contributed by atoms with van der Waals surface area (Å²) in [5.41, 5.74) is 5.21. The van der Waals surface area contributed by atoms with Gasteiger partial charge < -0.3 is 19.3 Å². The van der Waals surface area contributed by atoms with Gasteiger partial charge in [-0.05, 0) is 44.4 Å². The molecule has 0 unspecified atom stereocenters. The van der Waals surface area contributed by atoms with Crippen molar-refractivity contribution in [3.05, 3.63) is 45.6 Å². The van der Waals surface area contributed by atoms with E-state index in [-0.39, 0.29) is 11.6 Å². The van der Waals surface area contributed by atoms with Gasteiger partial charge in [-0.3, -0.25) is 14.0 Å². The van der Waals surface area contributed by atoms with Crippen molar-refractivity contribution in [3.63, 3.8) is 0 Å². The van der Waals surface area contributed by atoms with Crippen LogP contribution >= 0.6 is 0 Å². The molecule has 5 rings (SSSR count). The highest BCUT2D eigenvalue weighted by atomic mass is 16.5. The molecule has 0 aliphatic carbocycles. The molecule has 2 aliphatic heterocycles. The molecule has 3 aromatic rings. The summed E-state index contributed by atoms with van der Waals surface area (Å²) < 4.78 is 14.6. The molecule has 36 heavy (non-hydrogen) atoms. The zero-order valence-corrected chi connectivity index (χ0v) is 21.5. The van der Waals surface area contributed by atoms with E-state index in [1.807, 2.05) is 53.6 Å². The largest absolute Gasteiger partial charge is 0.493 e. The zero-order chi connectivity index (χ0) is 25.6. The van der Waals surface area contributed by atoms with E-state index in [0.717, 1.165) is 46.9 Å². The highest BCUT2D eigenvalue weighted by Gasteiger charge is 2.27. The lowest BCUT2D eigenvalue weighted by atomic mass is 9.96. The van der Waals surface area contributed by atoms with Gasteiger partial charge in [0.05, 0.1) is 37.0 Å². The quantitative estimate of drug-likeness (QED) is 0.500. The third-order valence-corrected chi connectivity index (χ3v) is 7.27. The number of nitrogens with zero attached hydrogens (tertiary/aromatic N) is 6. The first-order valence-electron chi connectivity index (χ1n) is 12.2. The van der Waals surface area contributed by atoms with E-state index in [2.05, 4.69) is 10.1 Å². The van der Waals surface area contributed by atoms with Gasteiger partial charge >= 0.3 is 5.69 Å². The van der Waals surface area contributed by atoms with Crippen LogP contribution in [0, 0.1) is 13.8 Å². The van der Waals surface area contributed by atoms with Crippen LogP contribution in [-0.2, 0) is 24.8 Å². The second kappa shape index (κ2) is 9.33. The minimum atomic E-state index is -0.301. The van der Waals surface area contributed by atoms with Crippen LogP contribution < -0.4 is 20.1 Å². The second-order valence-corrected chi connectivity index (χ2v) is 9.33. The van der Waals surface area contributed by atoms with Crippen molar-refractivity contribution in [1.82, 2.24) is 24.2 Å². The van der Waals surface area contributed by atoms with Gasteiger partial charge in [0.2, 0.25) is 5.91 Å². The number of carbonyl (C=O) groups is 1. The van der Waals surface area contributed by atoms with Gasteiger partial charge in [-0.15, -0.1) is 0 Å². The van der Waals surface area contributed by atoms with Crippen molar-refractivity contribution in [2.45, 2.75) is 39.7 Å². The third kappa shape index (κ3) is 4.00. The lowest BCUT2D eigenvalue weighted by Gasteiger charge is -2.29. The maximum atomic E-state index is 13.3. The van der Waals surface area contributed by atoms with E-state index in [4.69, 9.17) is 9.47 Å². The normalized spacial score (nSPS) is 14.6. The molecule has 10 heteroatoms. The van der Waals surface area contributed by atoms with Crippen LogP contribution in [0.2, 0.25) is 0 Å². The Bertz CT molecular complexity index is 1390. The number of amides is 1. The van der Waals surface area contributed by atoms with Gasteiger partial charge in [0.25, 0.3) is 0 Å². The number of hydrogen-bond donors (Lipinski definition) is 0. The predicted molar refractivity (Wildman–Crippen MR) is 136 cm³/mol. The van der Waals surface area contributed by atoms with Gasteiger partial charge in [0, 0.05) is 51.3 Å². The van der Waals surface area contributed by atoms with Crippen molar-refractivity contribution in [3.8, 4) is 22.8 Å². The molecular formula is C26H32N6O4. The van der Waals surface area contributed by atoms with E-state index in [9.17, 15) is 9.59 Å². The standard InChI is InChI=1S/C26H32N6O4/c1-16-25(17(2)29(3)28-16)32(12-11-30-9-6-7-24(30)33)23-15-20-19-14-22(36-5)21(35-4)13-18(19)8-10-31(20)26(34)27-23/h13-15H,6-12H2,1-5H3. The number of fused-ring (bicyclic) bond motifs is 3. The molecule has 0 spiro atoms. The van der Waals surface area contributed by atoms with E-state index in [1.165, 1.54) is 0 Å². The topological polar surface area (TPSA) is 94.7 Å². The summed E-state index contributed by atoms with van der Waals surface area (Å²) in [5, 5.41) is 4.59. The predicted octanol–water partition coefficient (Wildman–Crippen LogP) is 2.59. The summed E-state index contributed by atoms with van der Waals surface area (Å²) in [7, 11) is 5.13. The Morgan fingerprint density at radius 2 is 1.78 bits per heavy atom. The van der Waals surface area contributed by atoms with Crippen LogP contribution in [0.15, 0.2) is 23.0 Å². The van der Waals surface area contributed by atoms with Crippen molar-refractivity contribution < 1.29 is 14.3 Å². The van der Waals surface area contributed by atoms with Crippen molar-refractivity contribution >= 4 is 17.4 Å². The van der Waals surface area contributed by atoms with Gasteiger partial charge in [-0.25, -0.2) is 4.79 Å². The molecule has 1 amide bonds. The maximum absolute atomic E-state index is 13.3. The first-order valence-corrected chi connectivity index (χ1v) is 12.2. The molecule has 1 fully saturated rings.